The molecular weight excluding hydrogens is 393 g/mol. The molecular formula is C19H19Cl2NO5. The van der Waals surface area contributed by atoms with E-state index in [2.05, 4.69) is 12.1 Å². The van der Waals surface area contributed by atoms with Crippen molar-refractivity contribution in [3.05, 3.63) is 64.8 Å². The summed E-state index contributed by atoms with van der Waals surface area (Å²) in [5.74, 6) is 0.956. The molecule has 2 rings (SSSR count). The number of hydroxylamine groups is 1. The second kappa shape index (κ2) is 10.1. The SMILES string of the molecule is C=C(C)NOCOC(=O)C(C)Oc1ccc(Oc2ccc(Cl)cc2Cl)cc1. The summed E-state index contributed by atoms with van der Waals surface area (Å²) >= 11 is 11.9. The maximum absolute atomic E-state index is 11.8. The highest BCUT2D eigenvalue weighted by Gasteiger charge is 2.16. The Morgan fingerprint density at radius 1 is 1.15 bits per heavy atom. The van der Waals surface area contributed by atoms with E-state index < -0.39 is 12.1 Å². The summed E-state index contributed by atoms with van der Waals surface area (Å²) in [5, 5.41) is 0.931. The first-order chi connectivity index (χ1) is 12.8. The molecule has 2 aromatic carbocycles. The lowest BCUT2D eigenvalue weighted by Gasteiger charge is -2.15. The summed E-state index contributed by atoms with van der Waals surface area (Å²) in [6.45, 7) is 6.61. The van der Waals surface area contributed by atoms with Crippen molar-refractivity contribution in [2.24, 2.45) is 0 Å². The van der Waals surface area contributed by atoms with Crippen LogP contribution in [0.1, 0.15) is 13.8 Å². The molecule has 1 atom stereocenters. The van der Waals surface area contributed by atoms with E-state index in [0.29, 0.717) is 33.0 Å². The third-order valence-corrected chi connectivity index (χ3v) is 3.63. The molecule has 0 radical (unpaired) electrons. The van der Waals surface area contributed by atoms with Crippen LogP contribution in [0, 0.1) is 0 Å². The predicted octanol–water partition coefficient (Wildman–Crippen LogP) is 5.11. The molecule has 0 aliphatic rings. The lowest BCUT2D eigenvalue weighted by Crippen LogP contribution is -2.28. The first-order valence-corrected chi connectivity index (χ1v) is 8.70. The number of esters is 1. The van der Waals surface area contributed by atoms with Crippen molar-refractivity contribution in [2.75, 3.05) is 6.79 Å². The van der Waals surface area contributed by atoms with E-state index in [1.54, 1.807) is 56.3 Å². The van der Waals surface area contributed by atoms with Crippen molar-refractivity contribution in [1.29, 1.82) is 0 Å². The first kappa shape index (κ1) is 20.9. The maximum Gasteiger partial charge on any atom is 0.349 e. The topological polar surface area (TPSA) is 66.0 Å². The second-order valence-corrected chi connectivity index (χ2v) is 6.36. The Kier molecular flexibility index (Phi) is 7.79. The number of hydrogen-bond acceptors (Lipinski definition) is 6. The summed E-state index contributed by atoms with van der Waals surface area (Å²) in [6, 6.07) is 11.7. The molecule has 0 fully saturated rings. The number of carbonyl (C=O) groups is 1. The normalized spacial score (nSPS) is 11.4. The molecule has 0 amide bonds. The largest absolute Gasteiger partial charge is 0.479 e. The minimum atomic E-state index is -0.809. The van der Waals surface area contributed by atoms with Gasteiger partial charge in [-0.05, 0) is 56.3 Å². The standard InChI is InChI=1S/C19H19Cl2NO5/c1-12(2)22-25-11-24-19(23)13(3)26-15-5-7-16(8-6-15)27-18-9-4-14(20)10-17(18)21/h4-10,13,22H,1,11H2,2-3H3. The summed E-state index contributed by atoms with van der Waals surface area (Å²) in [5.41, 5.74) is 3.07. The Hall–Kier alpha value is -2.41. The average molecular weight is 412 g/mol. The van der Waals surface area contributed by atoms with Gasteiger partial charge in [-0.15, -0.1) is 0 Å². The molecule has 2 aromatic rings. The van der Waals surface area contributed by atoms with Crippen LogP contribution in [-0.2, 0) is 14.4 Å². The van der Waals surface area contributed by atoms with Crippen molar-refractivity contribution < 1.29 is 23.8 Å². The van der Waals surface area contributed by atoms with Gasteiger partial charge >= 0.3 is 5.97 Å². The summed E-state index contributed by atoms with van der Waals surface area (Å²) in [6.07, 6.45) is -0.809. The van der Waals surface area contributed by atoms with Crippen LogP contribution in [0.15, 0.2) is 54.7 Å². The van der Waals surface area contributed by atoms with Crippen LogP contribution >= 0.6 is 23.2 Å². The molecule has 0 heterocycles. The number of nitrogens with one attached hydrogen (secondary N) is 1. The molecule has 0 aliphatic heterocycles. The smallest absolute Gasteiger partial charge is 0.349 e. The van der Waals surface area contributed by atoms with Crippen LogP contribution in [0.3, 0.4) is 0 Å². The fraction of sp³-hybridized carbons (Fsp3) is 0.211. The highest BCUT2D eigenvalue weighted by Crippen LogP contribution is 2.32. The van der Waals surface area contributed by atoms with Crippen molar-refractivity contribution in [1.82, 2.24) is 5.48 Å². The highest BCUT2D eigenvalue weighted by atomic mass is 35.5. The Balaban J connectivity index is 1.85. The van der Waals surface area contributed by atoms with E-state index in [0.717, 1.165) is 0 Å². The van der Waals surface area contributed by atoms with Gasteiger partial charge in [-0.1, -0.05) is 29.8 Å². The molecule has 0 spiro atoms. The van der Waals surface area contributed by atoms with Gasteiger partial charge in [0.05, 0.1) is 5.02 Å². The summed E-state index contributed by atoms with van der Waals surface area (Å²) in [4.78, 5) is 16.7. The number of ether oxygens (including phenoxy) is 3. The van der Waals surface area contributed by atoms with Gasteiger partial charge in [0.1, 0.15) is 17.2 Å². The number of allylic oxidation sites excluding steroid dienone is 1. The van der Waals surface area contributed by atoms with Gasteiger partial charge in [-0.25, -0.2) is 9.63 Å². The summed E-state index contributed by atoms with van der Waals surface area (Å²) < 4.78 is 16.1. The van der Waals surface area contributed by atoms with E-state index >= 15 is 0 Å². The lowest BCUT2D eigenvalue weighted by atomic mass is 10.3. The number of carbonyl (C=O) groups excluding carboxylic acids is 1. The van der Waals surface area contributed by atoms with Crippen LogP contribution in [0.5, 0.6) is 17.2 Å². The Morgan fingerprint density at radius 2 is 1.81 bits per heavy atom. The fourth-order valence-electron chi connectivity index (χ4n) is 1.88. The van der Waals surface area contributed by atoms with Crippen LogP contribution in [0.25, 0.3) is 0 Å². The van der Waals surface area contributed by atoms with Crippen LogP contribution in [-0.4, -0.2) is 18.9 Å². The van der Waals surface area contributed by atoms with Crippen LogP contribution in [0.2, 0.25) is 10.0 Å². The van der Waals surface area contributed by atoms with Gasteiger partial charge in [0, 0.05) is 10.7 Å². The number of benzene rings is 2. The van der Waals surface area contributed by atoms with Crippen LogP contribution < -0.4 is 15.0 Å². The number of rotatable bonds is 9. The molecule has 0 aromatic heterocycles. The van der Waals surface area contributed by atoms with Gasteiger partial charge in [0.2, 0.25) is 6.79 Å². The van der Waals surface area contributed by atoms with Gasteiger partial charge < -0.3 is 14.2 Å². The summed E-state index contributed by atoms with van der Waals surface area (Å²) in [7, 11) is 0. The molecule has 0 saturated heterocycles. The van der Waals surface area contributed by atoms with Crippen molar-refractivity contribution in [3.63, 3.8) is 0 Å². The van der Waals surface area contributed by atoms with Crippen LogP contribution in [0.4, 0.5) is 0 Å². The minimum Gasteiger partial charge on any atom is -0.479 e. The second-order valence-electron chi connectivity index (χ2n) is 5.52. The molecule has 0 saturated carbocycles. The maximum atomic E-state index is 11.8. The van der Waals surface area contributed by atoms with Gasteiger partial charge in [-0.3, -0.25) is 5.48 Å². The Morgan fingerprint density at radius 3 is 2.44 bits per heavy atom. The third-order valence-electron chi connectivity index (χ3n) is 3.10. The number of hydrogen-bond donors (Lipinski definition) is 1. The van der Waals surface area contributed by atoms with Gasteiger partial charge in [-0.2, -0.15) is 0 Å². The zero-order chi connectivity index (χ0) is 19.8. The van der Waals surface area contributed by atoms with Crippen molar-refractivity contribution >= 4 is 29.2 Å². The molecule has 27 heavy (non-hydrogen) atoms. The monoisotopic (exact) mass is 411 g/mol. The van der Waals surface area contributed by atoms with E-state index in [-0.39, 0.29) is 6.79 Å². The quantitative estimate of drug-likeness (QED) is 0.267. The molecule has 6 nitrogen and oxygen atoms in total. The lowest BCUT2D eigenvalue weighted by molar-refractivity contribution is -0.168. The highest BCUT2D eigenvalue weighted by molar-refractivity contribution is 6.35. The predicted molar refractivity (Wildman–Crippen MR) is 103 cm³/mol. The molecule has 0 bridgehead atoms. The molecule has 8 heteroatoms. The molecule has 0 aliphatic carbocycles. The third kappa shape index (κ3) is 7.02. The van der Waals surface area contributed by atoms with Crippen molar-refractivity contribution in [3.8, 4) is 17.2 Å². The molecule has 144 valence electrons. The zero-order valence-electron chi connectivity index (χ0n) is 14.8. The zero-order valence-corrected chi connectivity index (χ0v) is 16.3. The Labute approximate surface area is 167 Å². The molecule has 1 unspecified atom stereocenters. The van der Waals surface area contributed by atoms with E-state index in [1.807, 2.05) is 0 Å². The fourth-order valence-corrected chi connectivity index (χ4v) is 2.33. The minimum absolute atomic E-state index is 0.256. The Bertz CT molecular complexity index is 795. The van der Waals surface area contributed by atoms with E-state index in [1.165, 1.54) is 0 Å². The van der Waals surface area contributed by atoms with E-state index in [4.69, 9.17) is 42.3 Å². The van der Waals surface area contributed by atoms with Gasteiger partial charge in [0.25, 0.3) is 0 Å². The van der Waals surface area contributed by atoms with E-state index in [9.17, 15) is 4.79 Å². The first-order valence-electron chi connectivity index (χ1n) is 7.94. The van der Waals surface area contributed by atoms with Gasteiger partial charge in [0.15, 0.2) is 6.10 Å². The average Bonchev–Trinajstić information content (AvgIpc) is 2.62. The number of halogens is 2. The molecule has 1 N–H and O–H groups in total. The van der Waals surface area contributed by atoms with Crippen molar-refractivity contribution in [2.45, 2.75) is 20.0 Å².